The quantitative estimate of drug-likeness (QED) is 0.473. The molecule has 34 heavy (non-hydrogen) atoms. The Kier molecular flexibility index (Phi) is 5.88. The first-order chi connectivity index (χ1) is 16.4. The number of ether oxygens (including phenoxy) is 1. The molecule has 1 atom stereocenters. The SMILES string of the molecule is CC(C)Oc1ccc(-c2ncc(-c3cccc4c3CCC4[N+]3(C(N)=O)CCCC3)s2)cc1C#N. The molecule has 174 valence electrons. The summed E-state index contributed by atoms with van der Waals surface area (Å²) in [6.07, 6.45) is 5.92. The van der Waals surface area contributed by atoms with Crippen LogP contribution >= 0.6 is 11.3 Å². The summed E-state index contributed by atoms with van der Waals surface area (Å²) < 4.78 is 6.15. The number of carbonyl (C=O) groups is 1. The third-order valence-corrected chi connectivity index (χ3v) is 8.20. The molecule has 0 spiro atoms. The number of hydrogen-bond donors (Lipinski definition) is 1. The molecule has 5 rings (SSSR count). The summed E-state index contributed by atoms with van der Waals surface area (Å²) in [5.74, 6) is 0.596. The average molecular weight is 474 g/mol. The van der Waals surface area contributed by atoms with Gasteiger partial charge < -0.3 is 10.5 Å². The number of fused-ring (bicyclic) bond motifs is 1. The molecule has 7 heteroatoms. The third-order valence-electron chi connectivity index (χ3n) is 7.12. The number of nitrogens with zero attached hydrogens (tertiary/aromatic N) is 3. The first kappa shape index (κ1) is 22.6. The Morgan fingerprint density at radius 1 is 1.26 bits per heavy atom. The molecule has 0 bridgehead atoms. The standard InChI is InChI=1S/C27H28N4O2S/c1-17(2)33-24-11-8-18(14-19(24)15-28)26-30-16-25(34-26)22-7-5-6-21-20(22)9-10-23(21)31(27(29)32)12-3-4-13-31/h5-8,11,14,16-17,23H,3-4,9-10,12-13H2,1-2H3,(H-,29,32)/p+1. The van der Waals surface area contributed by atoms with Gasteiger partial charge in [0.15, 0.2) is 0 Å². The van der Waals surface area contributed by atoms with E-state index in [1.807, 2.05) is 38.2 Å². The number of nitriles is 1. The van der Waals surface area contributed by atoms with Gasteiger partial charge in [-0.05, 0) is 49.6 Å². The smallest absolute Gasteiger partial charge is 0.414 e. The minimum atomic E-state index is -0.195. The number of aromatic nitrogens is 1. The summed E-state index contributed by atoms with van der Waals surface area (Å²) in [5, 5.41) is 10.5. The van der Waals surface area contributed by atoms with Gasteiger partial charge in [-0.1, -0.05) is 18.2 Å². The topological polar surface area (TPSA) is 89.0 Å². The summed E-state index contributed by atoms with van der Waals surface area (Å²) in [4.78, 5) is 18.3. The van der Waals surface area contributed by atoms with Crippen molar-refractivity contribution in [1.82, 2.24) is 4.98 Å². The minimum absolute atomic E-state index is 0.00461. The molecule has 2 aromatic carbocycles. The molecule has 2 N–H and O–H groups in total. The molecule has 2 amide bonds. The molecule has 2 heterocycles. The van der Waals surface area contributed by atoms with E-state index in [0.717, 1.165) is 54.2 Å². The minimum Gasteiger partial charge on any atom is -0.490 e. The molecule has 1 unspecified atom stereocenters. The Morgan fingerprint density at radius 3 is 2.76 bits per heavy atom. The van der Waals surface area contributed by atoms with Crippen LogP contribution in [0.15, 0.2) is 42.6 Å². The van der Waals surface area contributed by atoms with Gasteiger partial charge in [0.05, 0.1) is 29.6 Å². The zero-order chi connectivity index (χ0) is 23.9. The number of rotatable bonds is 5. The molecular weight excluding hydrogens is 444 g/mol. The Labute approximate surface area is 204 Å². The molecule has 0 saturated carbocycles. The Balaban J connectivity index is 1.48. The molecule has 1 saturated heterocycles. The zero-order valence-electron chi connectivity index (χ0n) is 19.6. The first-order valence-electron chi connectivity index (χ1n) is 11.9. The fourth-order valence-electron chi connectivity index (χ4n) is 5.60. The highest BCUT2D eigenvalue weighted by molar-refractivity contribution is 7.18. The largest absolute Gasteiger partial charge is 0.490 e. The van der Waals surface area contributed by atoms with Crippen LogP contribution in [0.5, 0.6) is 5.75 Å². The molecule has 3 aromatic rings. The number of amides is 2. The van der Waals surface area contributed by atoms with Crippen molar-refractivity contribution in [1.29, 1.82) is 5.26 Å². The monoisotopic (exact) mass is 473 g/mol. The lowest BCUT2D eigenvalue weighted by Gasteiger charge is -2.35. The van der Waals surface area contributed by atoms with Gasteiger partial charge in [0, 0.05) is 36.6 Å². The van der Waals surface area contributed by atoms with Crippen LogP contribution in [0.25, 0.3) is 21.0 Å². The van der Waals surface area contributed by atoms with Crippen molar-refractivity contribution in [3.8, 4) is 32.8 Å². The van der Waals surface area contributed by atoms with Gasteiger partial charge >= 0.3 is 6.03 Å². The van der Waals surface area contributed by atoms with Crippen LogP contribution in [0, 0.1) is 11.3 Å². The summed E-state index contributed by atoms with van der Waals surface area (Å²) in [7, 11) is 0. The van der Waals surface area contributed by atoms with Crippen molar-refractivity contribution >= 4 is 17.4 Å². The van der Waals surface area contributed by atoms with Crippen molar-refractivity contribution in [2.24, 2.45) is 5.73 Å². The lowest BCUT2D eigenvalue weighted by molar-refractivity contribution is -0.868. The van der Waals surface area contributed by atoms with E-state index in [9.17, 15) is 10.1 Å². The number of hydrogen-bond acceptors (Lipinski definition) is 5. The van der Waals surface area contributed by atoms with Crippen LogP contribution in [0.4, 0.5) is 4.79 Å². The average Bonchev–Trinajstić information content (AvgIpc) is 3.58. The molecule has 1 aromatic heterocycles. The predicted molar refractivity (Wildman–Crippen MR) is 133 cm³/mol. The van der Waals surface area contributed by atoms with Gasteiger partial charge in [0.2, 0.25) is 0 Å². The van der Waals surface area contributed by atoms with Gasteiger partial charge in [-0.3, -0.25) is 0 Å². The molecular formula is C27H29N4O2S+. The van der Waals surface area contributed by atoms with Gasteiger partial charge in [0.1, 0.15) is 22.9 Å². The van der Waals surface area contributed by atoms with E-state index in [2.05, 4.69) is 29.3 Å². The van der Waals surface area contributed by atoms with Crippen LogP contribution in [0.2, 0.25) is 0 Å². The van der Waals surface area contributed by atoms with E-state index in [-0.39, 0.29) is 18.2 Å². The summed E-state index contributed by atoms with van der Waals surface area (Å²) in [6.45, 7) is 5.57. The predicted octanol–water partition coefficient (Wildman–Crippen LogP) is 5.81. The van der Waals surface area contributed by atoms with Gasteiger partial charge in [-0.2, -0.15) is 5.26 Å². The molecule has 1 aliphatic heterocycles. The van der Waals surface area contributed by atoms with Crippen molar-refractivity contribution in [3.05, 3.63) is 59.3 Å². The van der Waals surface area contributed by atoms with E-state index in [0.29, 0.717) is 15.8 Å². The van der Waals surface area contributed by atoms with Crippen molar-refractivity contribution in [2.75, 3.05) is 13.1 Å². The summed E-state index contributed by atoms with van der Waals surface area (Å²) in [5.41, 5.74) is 11.1. The number of likely N-dealkylation sites (tertiary alicyclic amines) is 1. The van der Waals surface area contributed by atoms with Crippen LogP contribution in [-0.2, 0) is 6.42 Å². The molecule has 1 fully saturated rings. The lowest BCUT2D eigenvalue weighted by atomic mass is 10.00. The maximum absolute atomic E-state index is 12.5. The summed E-state index contributed by atoms with van der Waals surface area (Å²) >= 11 is 1.62. The second kappa shape index (κ2) is 8.86. The number of carbonyl (C=O) groups excluding carboxylic acids is 1. The lowest BCUT2D eigenvalue weighted by Crippen LogP contribution is -2.55. The van der Waals surface area contributed by atoms with Crippen LogP contribution in [0.3, 0.4) is 0 Å². The first-order valence-corrected chi connectivity index (χ1v) is 12.7. The number of urea groups is 1. The highest BCUT2D eigenvalue weighted by Crippen LogP contribution is 2.47. The van der Waals surface area contributed by atoms with E-state index in [1.165, 1.54) is 16.7 Å². The van der Waals surface area contributed by atoms with Crippen molar-refractivity contribution < 1.29 is 14.0 Å². The molecule has 2 aliphatic rings. The fourth-order valence-corrected chi connectivity index (χ4v) is 6.57. The van der Waals surface area contributed by atoms with E-state index >= 15 is 0 Å². The number of quaternary nitrogens is 1. The van der Waals surface area contributed by atoms with E-state index in [4.69, 9.17) is 10.5 Å². The van der Waals surface area contributed by atoms with Crippen molar-refractivity contribution in [2.45, 2.75) is 51.7 Å². The molecule has 6 nitrogen and oxygen atoms in total. The molecule has 0 radical (unpaired) electrons. The number of benzene rings is 2. The van der Waals surface area contributed by atoms with Gasteiger partial charge in [-0.15, -0.1) is 11.3 Å². The number of primary amides is 1. The Hall–Kier alpha value is -3.21. The zero-order valence-corrected chi connectivity index (χ0v) is 20.4. The second-order valence-electron chi connectivity index (χ2n) is 9.47. The summed E-state index contributed by atoms with van der Waals surface area (Å²) in [6, 6.07) is 14.3. The second-order valence-corrected chi connectivity index (χ2v) is 10.5. The number of thiazole rings is 1. The normalized spacial score (nSPS) is 18.6. The van der Waals surface area contributed by atoms with Crippen LogP contribution in [-0.4, -0.2) is 34.7 Å². The van der Waals surface area contributed by atoms with Crippen LogP contribution in [0.1, 0.15) is 55.8 Å². The van der Waals surface area contributed by atoms with Crippen molar-refractivity contribution in [3.63, 3.8) is 0 Å². The highest BCUT2D eigenvalue weighted by Gasteiger charge is 2.48. The maximum Gasteiger partial charge on any atom is 0.414 e. The van der Waals surface area contributed by atoms with E-state index in [1.54, 1.807) is 11.3 Å². The maximum atomic E-state index is 12.5. The Bertz CT molecular complexity index is 1280. The highest BCUT2D eigenvalue weighted by atomic mass is 32.1. The van der Waals surface area contributed by atoms with E-state index < -0.39 is 0 Å². The molecule has 1 aliphatic carbocycles. The Morgan fingerprint density at radius 2 is 2.06 bits per heavy atom. The number of nitrogens with two attached hydrogens (primary N) is 1. The fraction of sp³-hybridized carbons (Fsp3) is 0.370. The van der Waals surface area contributed by atoms with Gasteiger partial charge in [-0.25, -0.2) is 14.3 Å². The third kappa shape index (κ3) is 3.77. The van der Waals surface area contributed by atoms with Gasteiger partial charge in [0.25, 0.3) is 0 Å². The van der Waals surface area contributed by atoms with Crippen LogP contribution < -0.4 is 10.5 Å².